The molecule has 0 heterocycles. The summed E-state index contributed by atoms with van der Waals surface area (Å²) in [4.78, 5) is 0.177. The fourth-order valence-corrected chi connectivity index (χ4v) is 1.99. The first kappa shape index (κ1) is 14.9. The van der Waals surface area contributed by atoms with E-state index < -0.39 is 35.2 Å². The molecule has 0 aliphatic rings. The predicted octanol–water partition coefficient (Wildman–Crippen LogP) is -0.782. The van der Waals surface area contributed by atoms with Crippen LogP contribution in [0.2, 0.25) is 0 Å². The summed E-state index contributed by atoms with van der Waals surface area (Å²) >= 11 is 0. The van der Waals surface area contributed by atoms with E-state index >= 15 is 0 Å². The SMILES string of the molecule is CS(=O)(=O)c1ccc(NC(CO)(CO)CO)cc1. The molecule has 0 aliphatic heterocycles. The minimum atomic E-state index is -3.26. The van der Waals surface area contributed by atoms with E-state index in [1.165, 1.54) is 24.3 Å². The van der Waals surface area contributed by atoms with Gasteiger partial charge in [-0.3, -0.25) is 0 Å². The highest BCUT2D eigenvalue weighted by Gasteiger charge is 2.27. The van der Waals surface area contributed by atoms with E-state index in [2.05, 4.69) is 5.32 Å². The van der Waals surface area contributed by atoms with Crippen molar-refractivity contribution in [3.8, 4) is 0 Å². The van der Waals surface area contributed by atoms with E-state index in [-0.39, 0.29) is 4.90 Å². The number of rotatable bonds is 6. The number of aliphatic hydroxyl groups excluding tert-OH is 3. The molecular weight excluding hydrogens is 258 g/mol. The van der Waals surface area contributed by atoms with Gasteiger partial charge in [-0.25, -0.2) is 8.42 Å². The molecule has 0 amide bonds. The molecule has 7 heteroatoms. The molecule has 102 valence electrons. The van der Waals surface area contributed by atoms with Crippen LogP contribution < -0.4 is 5.32 Å². The monoisotopic (exact) mass is 275 g/mol. The third-order valence-corrected chi connectivity index (χ3v) is 3.73. The van der Waals surface area contributed by atoms with Crippen molar-refractivity contribution >= 4 is 15.5 Å². The van der Waals surface area contributed by atoms with Gasteiger partial charge in [-0.2, -0.15) is 0 Å². The average molecular weight is 275 g/mol. The van der Waals surface area contributed by atoms with Crippen molar-refractivity contribution in [3.63, 3.8) is 0 Å². The number of hydrogen-bond donors (Lipinski definition) is 4. The van der Waals surface area contributed by atoms with Crippen LogP contribution in [0.5, 0.6) is 0 Å². The maximum absolute atomic E-state index is 11.3. The highest BCUT2D eigenvalue weighted by Crippen LogP contribution is 2.18. The van der Waals surface area contributed by atoms with Gasteiger partial charge >= 0.3 is 0 Å². The second-order valence-corrected chi connectivity index (χ2v) is 6.19. The van der Waals surface area contributed by atoms with Crippen LogP contribution in [0.1, 0.15) is 0 Å². The second kappa shape index (κ2) is 5.66. The molecule has 4 N–H and O–H groups in total. The first-order valence-corrected chi connectivity index (χ1v) is 7.17. The van der Waals surface area contributed by atoms with Gasteiger partial charge in [-0.05, 0) is 24.3 Å². The van der Waals surface area contributed by atoms with Gasteiger partial charge in [0.25, 0.3) is 0 Å². The van der Waals surface area contributed by atoms with Crippen molar-refractivity contribution in [3.05, 3.63) is 24.3 Å². The number of aliphatic hydroxyl groups is 3. The molecule has 0 spiro atoms. The van der Waals surface area contributed by atoms with E-state index in [4.69, 9.17) is 15.3 Å². The Bertz CT molecular complexity index is 470. The molecule has 0 bridgehead atoms. The number of nitrogens with one attached hydrogen (secondary N) is 1. The molecular formula is C11H17NO5S. The Morgan fingerprint density at radius 2 is 1.50 bits per heavy atom. The summed E-state index contributed by atoms with van der Waals surface area (Å²) in [7, 11) is -3.26. The van der Waals surface area contributed by atoms with Crippen LogP contribution in [0.15, 0.2) is 29.2 Å². The highest BCUT2D eigenvalue weighted by atomic mass is 32.2. The third-order valence-electron chi connectivity index (χ3n) is 2.60. The number of benzene rings is 1. The zero-order chi connectivity index (χ0) is 13.8. The number of anilines is 1. The molecule has 0 saturated carbocycles. The topological polar surface area (TPSA) is 107 Å². The van der Waals surface area contributed by atoms with Gasteiger partial charge in [0.2, 0.25) is 0 Å². The largest absolute Gasteiger partial charge is 0.394 e. The summed E-state index contributed by atoms with van der Waals surface area (Å²) in [5.41, 5.74) is -0.730. The summed E-state index contributed by atoms with van der Waals surface area (Å²) in [6, 6.07) is 5.83. The lowest BCUT2D eigenvalue weighted by Crippen LogP contribution is -2.49. The van der Waals surface area contributed by atoms with Gasteiger partial charge in [-0.1, -0.05) is 0 Å². The zero-order valence-electron chi connectivity index (χ0n) is 10.00. The van der Waals surface area contributed by atoms with Crippen molar-refractivity contribution in [2.24, 2.45) is 0 Å². The molecule has 0 aliphatic carbocycles. The van der Waals surface area contributed by atoms with E-state index in [1.807, 2.05) is 0 Å². The van der Waals surface area contributed by atoms with Crippen molar-refractivity contribution in [1.82, 2.24) is 0 Å². The summed E-state index contributed by atoms with van der Waals surface area (Å²) < 4.78 is 22.5. The van der Waals surface area contributed by atoms with Crippen LogP contribution in [-0.2, 0) is 9.84 Å². The van der Waals surface area contributed by atoms with E-state index in [0.29, 0.717) is 5.69 Å². The Kier molecular flexibility index (Phi) is 4.69. The minimum absolute atomic E-state index is 0.177. The highest BCUT2D eigenvalue weighted by molar-refractivity contribution is 7.90. The van der Waals surface area contributed by atoms with Crippen molar-refractivity contribution < 1.29 is 23.7 Å². The first-order valence-electron chi connectivity index (χ1n) is 5.28. The van der Waals surface area contributed by atoms with Gasteiger partial charge in [0, 0.05) is 11.9 Å². The normalized spacial score (nSPS) is 12.4. The molecule has 0 radical (unpaired) electrons. The van der Waals surface area contributed by atoms with Crippen LogP contribution >= 0.6 is 0 Å². The first-order chi connectivity index (χ1) is 8.37. The van der Waals surface area contributed by atoms with E-state index in [0.717, 1.165) is 6.26 Å². The number of hydrogen-bond acceptors (Lipinski definition) is 6. The van der Waals surface area contributed by atoms with Crippen LogP contribution in [0.3, 0.4) is 0 Å². The summed E-state index contributed by atoms with van der Waals surface area (Å²) in [6.45, 7) is -1.35. The Morgan fingerprint density at radius 3 is 1.83 bits per heavy atom. The van der Waals surface area contributed by atoms with Crippen molar-refractivity contribution in [2.45, 2.75) is 10.4 Å². The molecule has 0 saturated heterocycles. The van der Waals surface area contributed by atoms with Crippen LogP contribution in [0.4, 0.5) is 5.69 Å². The Hall–Kier alpha value is -1.15. The lowest BCUT2D eigenvalue weighted by atomic mass is 10.0. The summed E-state index contributed by atoms with van der Waals surface area (Å²) in [5.74, 6) is 0. The van der Waals surface area contributed by atoms with Gasteiger partial charge in [0.15, 0.2) is 9.84 Å². The Balaban J connectivity index is 2.93. The molecule has 0 unspecified atom stereocenters. The maximum Gasteiger partial charge on any atom is 0.175 e. The lowest BCUT2D eigenvalue weighted by Gasteiger charge is -2.29. The molecule has 0 fully saturated rings. The molecule has 18 heavy (non-hydrogen) atoms. The smallest absolute Gasteiger partial charge is 0.175 e. The zero-order valence-corrected chi connectivity index (χ0v) is 10.8. The molecule has 6 nitrogen and oxygen atoms in total. The second-order valence-electron chi connectivity index (χ2n) is 4.18. The predicted molar refractivity (Wildman–Crippen MR) is 67.2 cm³/mol. The van der Waals surface area contributed by atoms with Gasteiger partial charge < -0.3 is 20.6 Å². The fourth-order valence-electron chi connectivity index (χ4n) is 1.36. The van der Waals surface area contributed by atoms with Gasteiger partial charge in [-0.15, -0.1) is 0 Å². The van der Waals surface area contributed by atoms with Gasteiger partial charge in [0.1, 0.15) is 5.54 Å². The van der Waals surface area contributed by atoms with Crippen molar-refractivity contribution in [1.29, 1.82) is 0 Å². The standard InChI is InChI=1S/C11H17NO5S/c1-18(16,17)10-4-2-9(3-5-10)12-11(6-13,7-14)8-15/h2-5,12-15H,6-8H2,1H3. The molecule has 1 rings (SSSR count). The van der Waals surface area contributed by atoms with Crippen LogP contribution in [0, 0.1) is 0 Å². The van der Waals surface area contributed by atoms with Gasteiger partial charge in [0.05, 0.1) is 24.7 Å². The molecule has 1 aromatic rings. The molecule has 1 aromatic carbocycles. The average Bonchev–Trinajstić information content (AvgIpc) is 2.36. The van der Waals surface area contributed by atoms with E-state index in [1.54, 1.807) is 0 Å². The van der Waals surface area contributed by atoms with Crippen molar-refractivity contribution in [2.75, 3.05) is 31.4 Å². The maximum atomic E-state index is 11.3. The van der Waals surface area contributed by atoms with Crippen LogP contribution in [-0.4, -0.2) is 55.4 Å². The quantitative estimate of drug-likeness (QED) is 0.542. The molecule has 0 aromatic heterocycles. The molecule has 0 atom stereocenters. The number of sulfone groups is 1. The Morgan fingerprint density at radius 1 is 1.06 bits per heavy atom. The third kappa shape index (κ3) is 3.42. The fraction of sp³-hybridized carbons (Fsp3) is 0.455. The minimum Gasteiger partial charge on any atom is -0.394 e. The summed E-state index contributed by atoms with van der Waals surface area (Å²) in [6.07, 6.45) is 1.11. The summed E-state index contributed by atoms with van der Waals surface area (Å²) in [5, 5.41) is 30.2. The Labute approximate surface area is 106 Å². The van der Waals surface area contributed by atoms with E-state index in [9.17, 15) is 8.42 Å². The lowest BCUT2D eigenvalue weighted by molar-refractivity contribution is 0.0833. The van der Waals surface area contributed by atoms with Crippen LogP contribution in [0.25, 0.3) is 0 Å².